The second-order valence-corrected chi connectivity index (χ2v) is 5.43. The van der Waals surface area contributed by atoms with Crippen molar-refractivity contribution in [3.63, 3.8) is 0 Å². The summed E-state index contributed by atoms with van der Waals surface area (Å²) < 4.78 is 5.70. The zero-order chi connectivity index (χ0) is 14.4. The molecule has 0 aliphatic rings. The number of nitrogens with zero attached hydrogens (tertiary/aromatic N) is 1. The maximum atomic E-state index is 6.16. The average Bonchev–Trinajstić information content (AvgIpc) is 2.43. The van der Waals surface area contributed by atoms with Gasteiger partial charge in [-0.05, 0) is 30.7 Å². The average molecular weight is 291 g/mol. The van der Waals surface area contributed by atoms with Crippen molar-refractivity contribution in [1.29, 1.82) is 0 Å². The number of nitrogens with one attached hydrogen (secondary N) is 1. The first kappa shape index (κ1) is 14.8. The van der Waals surface area contributed by atoms with Crippen molar-refractivity contribution in [3.8, 4) is 11.6 Å². The van der Waals surface area contributed by atoms with Gasteiger partial charge in [0.25, 0.3) is 0 Å². The molecular weight excluding hydrogens is 272 g/mol. The van der Waals surface area contributed by atoms with Crippen molar-refractivity contribution >= 4 is 11.6 Å². The molecule has 0 atom stereocenters. The van der Waals surface area contributed by atoms with E-state index in [0.717, 1.165) is 18.0 Å². The van der Waals surface area contributed by atoms with E-state index in [1.165, 1.54) is 0 Å². The summed E-state index contributed by atoms with van der Waals surface area (Å²) in [5.41, 5.74) is 0.806. The summed E-state index contributed by atoms with van der Waals surface area (Å²) in [6.45, 7) is 5.90. The molecule has 3 nitrogen and oxygen atoms in total. The second kappa shape index (κ2) is 7.27. The zero-order valence-corrected chi connectivity index (χ0v) is 12.5. The molecule has 0 aliphatic carbocycles. The summed E-state index contributed by atoms with van der Waals surface area (Å²) in [5, 5.41) is 3.98. The van der Waals surface area contributed by atoms with Crippen LogP contribution >= 0.6 is 11.6 Å². The van der Waals surface area contributed by atoms with Crippen molar-refractivity contribution in [2.45, 2.75) is 20.4 Å². The van der Waals surface area contributed by atoms with Gasteiger partial charge < -0.3 is 10.1 Å². The SMILES string of the molecule is CC(C)CNCc1nc(Oc2ccccc2)ccc1Cl. The van der Waals surface area contributed by atoms with Crippen LogP contribution in [-0.2, 0) is 6.54 Å². The summed E-state index contributed by atoms with van der Waals surface area (Å²) in [4.78, 5) is 4.45. The van der Waals surface area contributed by atoms with Crippen LogP contribution in [-0.4, -0.2) is 11.5 Å². The van der Waals surface area contributed by atoms with E-state index < -0.39 is 0 Å². The first-order valence-electron chi connectivity index (χ1n) is 6.74. The van der Waals surface area contributed by atoms with E-state index in [1.807, 2.05) is 36.4 Å². The Kier molecular flexibility index (Phi) is 5.39. The van der Waals surface area contributed by atoms with E-state index in [4.69, 9.17) is 16.3 Å². The Morgan fingerprint density at radius 1 is 1.15 bits per heavy atom. The molecule has 2 rings (SSSR count). The highest BCUT2D eigenvalue weighted by Crippen LogP contribution is 2.22. The molecule has 0 spiro atoms. The lowest BCUT2D eigenvalue weighted by Gasteiger charge is -2.10. The van der Waals surface area contributed by atoms with E-state index in [-0.39, 0.29) is 0 Å². The summed E-state index contributed by atoms with van der Waals surface area (Å²) in [7, 11) is 0. The normalized spacial score (nSPS) is 10.8. The Morgan fingerprint density at radius 3 is 2.60 bits per heavy atom. The topological polar surface area (TPSA) is 34.2 Å². The summed E-state index contributed by atoms with van der Waals surface area (Å²) in [6.07, 6.45) is 0. The minimum atomic E-state index is 0.557. The lowest BCUT2D eigenvalue weighted by atomic mass is 10.2. The predicted octanol–water partition coefficient (Wildman–Crippen LogP) is 4.27. The van der Waals surface area contributed by atoms with E-state index in [0.29, 0.717) is 23.4 Å². The van der Waals surface area contributed by atoms with Crippen molar-refractivity contribution in [1.82, 2.24) is 10.3 Å². The highest BCUT2D eigenvalue weighted by atomic mass is 35.5. The van der Waals surface area contributed by atoms with E-state index >= 15 is 0 Å². The smallest absolute Gasteiger partial charge is 0.219 e. The lowest BCUT2D eigenvalue weighted by Crippen LogP contribution is -2.19. The van der Waals surface area contributed by atoms with Gasteiger partial charge in [-0.3, -0.25) is 0 Å². The second-order valence-electron chi connectivity index (χ2n) is 5.02. The van der Waals surface area contributed by atoms with Crippen molar-refractivity contribution < 1.29 is 4.74 Å². The Hall–Kier alpha value is -1.58. The van der Waals surface area contributed by atoms with Crippen LogP contribution in [0.5, 0.6) is 11.6 Å². The van der Waals surface area contributed by atoms with Gasteiger partial charge in [0.05, 0.1) is 10.7 Å². The number of ether oxygens (including phenoxy) is 1. The van der Waals surface area contributed by atoms with Gasteiger partial charge in [-0.1, -0.05) is 43.6 Å². The van der Waals surface area contributed by atoms with Crippen molar-refractivity contribution in [3.05, 3.63) is 53.2 Å². The zero-order valence-electron chi connectivity index (χ0n) is 11.8. The molecule has 0 amide bonds. The van der Waals surface area contributed by atoms with Crippen molar-refractivity contribution in [2.75, 3.05) is 6.54 Å². The van der Waals surface area contributed by atoms with Gasteiger partial charge in [-0.25, -0.2) is 4.98 Å². The Labute approximate surface area is 124 Å². The number of rotatable bonds is 6. The fourth-order valence-corrected chi connectivity index (χ4v) is 1.91. The predicted molar refractivity (Wildman–Crippen MR) is 82.3 cm³/mol. The molecule has 1 heterocycles. The Bertz CT molecular complexity index is 543. The van der Waals surface area contributed by atoms with Crippen LogP contribution in [0.1, 0.15) is 19.5 Å². The first-order valence-corrected chi connectivity index (χ1v) is 7.12. The van der Waals surface area contributed by atoms with Gasteiger partial charge in [-0.15, -0.1) is 0 Å². The summed E-state index contributed by atoms with van der Waals surface area (Å²) in [6, 6.07) is 13.2. The van der Waals surface area contributed by atoms with Gasteiger partial charge in [0, 0.05) is 12.6 Å². The molecule has 106 valence electrons. The minimum absolute atomic E-state index is 0.557. The fourth-order valence-electron chi connectivity index (χ4n) is 1.73. The number of hydrogen-bond donors (Lipinski definition) is 1. The largest absolute Gasteiger partial charge is 0.439 e. The number of hydrogen-bond acceptors (Lipinski definition) is 3. The van der Waals surface area contributed by atoms with Crippen LogP contribution in [0.2, 0.25) is 5.02 Å². The number of aromatic nitrogens is 1. The fraction of sp³-hybridized carbons (Fsp3) is 0.312. The maximum absolute atomic E-state index is 6.16. The van der Waals surface area contributed by atoms with E-state index in [1.54, 1.807) is 6.07 Å². The molecule has 0 radical (unpaired) electrons. The van der Waals surface area contributed by atoms with Gasteiger partial charge in [0.2, 0.25) is 5.88 Å². The molecule has 1 N–H and O–H groups in total. The monoisotopic (exact) mass is 290 g/mol. The van der Waals surface area contributed by atoms with Gasteiger partial charge in [0.15, 0.2) is 0 Å². The van der Waals surface area contributed by atoms with E-state index in [2.05, 4.69) is 24.1 Å². The highest BCUT2D eigenvalue weighted by Gasteiger charge is 2.06. The quantitative estimate of drug-likeness (QED) is 0.862. The maximum Gasteiger partial charge on any atom is 0.219 e. The third-order valence-corrected chi connectivity index (χ3v) is 3.05. The van der Waals surface area contributed by atoms with Gasteiger partial charge >= 0.3 is 0 Å². The molecule has 0 aliphatic heterocycles. The molecule has 0 saturated heterocycles. The van der Waals surface area contributed by atoms with Gasteiger partial charge in [-0.2, -0.15) is 0 Å². The summed E-state index contributed by atoms with van der Waals surface area (Å²) in [5.74, 6) is 1.92. The molecule has 0 bridgehead atoms. The molecule has 0 fully saturated rings. The first-order chi connectivity index (χ1) is 9.65. The molecular formula is C16H19ClN2O. The molecule has 2 aromatic rings. The highest BCUT2D eigenvalue weighted by molar-refractivity contribution is 6.31. The van der Waals surface area contributed by atoms with Crippen LogP contribution in [0, 0.1) is 5.92 Å². The molecule has 4 heteroatoms. The number of benzene rings is 1. The molecule has 1 aromatic carbocycles. The van der Waals surface area contributed by atoms with E-state index in [9.17, 15) is 0 Å². The van der Waals surface area contributed by atoms with Crippen LogP contribution in [0.15, 0.2) is 42.5 Å². The number of halogens is 1. The molecule has 0 saturated carbocycles. The standard InChI is InChI=1S/C16H19ClN2O/c1-12(2)10-18-11-15-14(17)8-9-16(19-15)20-13-6-4-3-5-7-13/h3-9,12,18H,10-11H2,1-2H3. The Morgan fingerprint density at radius 2 is 1.90 bits per heavy atom. The molecule has 0 unspecified atom stereocenters. The molecule has 1 aromatic heterocycles. The van der Waals surface area contributed by atoms with Crippen molar-refractivity contribution in [2.24, 2.45) is 5.92 Å². The van der Waals surface area contributed by atoms with Crippen LogP contribution in [0.4, 0.5) is 0 Å². The van der Waals surface area contributed by atoms with Crippen LogP contribution < -0.4 is 10.1 Å². The Balaban J connectivity index is 2.04. The third kappa shape index (κ3) is 4.51. The number of para-hydroxylation sites is 1. The van der Waals surface area contributed by atoms with Gasteiger partial charge in [0.1, 0.15) is 5.75 Å². The lowest BCUT2D eigenvalue weighted by molar-refractivity contribution is 0.458. The molecule has 20 heavy (non-hydrogen) atoms. The number of pyridine rings is 1. The van der Waals surface area contributed by atoms with Crippen LogP contribution in [0.3, 0.4) is 0 Å². The third-order valence-electron chi connectivity index (χ3n) is 2.70. The minimum Gasteiger partial charge on any atom is -0.439 e. The summed E-state index contributed by atoms with van der Waals surface area (Å²) >= 11 is 6.16. The van der Waals surface area contributed by atoms with Crippen LogP contribution in [0.25, 0.3) is 0 Å².